The van der Waals surface area contributed by atoms with Crippen LogP contribution in [-0.4, -0.2) is 25.7 Å². The topological polar surface area (TPSA) is 71.4 Å². The average molecular weight is 288 g/mol. The summed E-state index contributed by atoms with van der Waals surface area (Å²) in [6.07, 6.45) is 0.989. The number of rotatable bonds is 3. The number of sulfone groups is 1. The first kappa shape index (κ1) is 13.0. The van der Waals surface area contributed by atoms with E-state index < -0.39 is 27.4 Å². The van der Waals surface area contributed by atoms with Gasteiger partial charge in [0, 0.05) is 21.9 Å². The molecule has 2 rings (SSSR count). The summed E-state index contributed by atoms with van der Waals surface area (Å²) in [5.41, 5.74) is 0.0306. The van der Waals surface area contributed by atoms with Gasteiger partial charge in [-0.3, -0.25) is 0 Å². The summed E-state index contributed by atoms with van der Waals surface area (Å²) in [5.74, 6) is -2.32. The second kappa shape index (κ2) is 4.33. The van der Waals surface area contributed by atoms with Gasteiger partial charge in [-0.15, -0.1) is 11.3 Å². The number of carboxylic acids is 1. The van der Waals surface area contributed by atoms with Crippen molar-refractivity contribution in [3.8, 4) is 0 Å². The minimum atomic E-state index is -3.43. The molecule has 0 radical (unpaired) electrons. The Morgan fingerprint density at radius 2 is 2.11 bits per heavy atom. The summed E-state index contributed by atoms with van der Waals surface area (Å²) in [5, 5.41) is 9.14. The molecule has 0 aliphatic heterocycles. The van der Waals surface area contributed by atoms with E-state index >= 15 is 0 Å². The Bertz CT molecular complexity index is 731. The number of carbonyl (C=O) groups is 1. The molecule has 4 nitrogen and oxygen atoms in total. The van der Waals surface area contributed by atoms with Crippen molar-refractivity contribution in [2.24, 2.45) is 0 Å². The van der Waals surface area contributed by atoms with E-state index in [1.165, 1.54) is 12.1 Å². The minimum absolute atomic E-state index is 0.0306. The molecule has 0 bridgehead atoms. The molecule has 1 aromatic carbocycles. The summed E-state index contributed by atoms with van der Waals surface area (Å²) in [6.45, 7) is 0. The van der Waals surface area contributed by atoms with Gasteiger partial charge in [0.05, 0.1) is 5.75 Å². The molecule has 0 saturated heterocycles. The third-order valence-electron chi connectivity index (χ3n) is 2.36. The van der Waals surface area contributed by atoms with Gasteiger partial charge in [0.1, 0.15) is 10.7 Å². The fraction of sp³-hybridized carbons (Fsp3) is 0.182. The molecule has 1 heterocycles. The molecule has 0 saturated carbocycles. The van der Waals surface area contributed by atoms with Gasteiger partial charge in [-0.25, -0.2) is 17.6 Å². The Hall–Kier alpha value is -1.47. The maximum Gasteiger partial charge on any atom is 0.346 e. The first-order chi connectivity index (χ1) is 8.29. The van der Waals surface area contributed by atoms with Crippen LogP contribution in [0.25, 0.3) is 10.1 Å². The van der Waals surface area contributed by atoms with E-state index in [1.54, 1.807) is 6.07 Å². The minimum Gasteiger partial charge on any atom is -0.477 e. The Morgan fingerprint density at radius 1 is 1.44 bits per heavy atom. The maximum absolute atomic E-state index is 13.7. The molecule has 0 aliphatic carbocycles. The van der Waals surface area contributed by atoms with Gasteiger partial charge in [-0.05, 0) is 12.1 Å². The SMILES string of the molecule is CS(=O)(=O)Cc1c(C(=O)O)sc2cccc(F)c12. The number of thiophene rings is 1. The maximum atomic E-state index is 13.7. The number of hydrogen-bond donors (Lipinski definition) is 1. The predicted molar refractivity (Wildman–Crippen MR) is 67.3 cm³/mol. The molecular formula is C11H9FO4S2. The molecule has 0 fully saturated rings. The average Bonchev–Trinajstić information content (AvgIpc) is 2.56. The highest BCUT2D eigenvalue weighted by Crippen LogP contribution is 2.34. The van der Waals surface area contributed by atoms with E-state index in [0.29, 0.717) is 4.70 Å². The lowest BCUT2D eigenvalue weighted by Gasteiger charge is -2.00. The highest BCUT2D eigenvalue weighted by Gasteiger charge is 2.22. The lowest BCUT2D eigenvalue weighted by molar-refractivity contribution is 0.0701. The van der Waals surface area contributed by atoms with Crippen molar-refractivity contribution in [3.05, 3.63) is 34.5 Å². The Kier molecular flexibility index (Phi) is 3.12. The van der Waals surface area contributed by atoms with Crippen LogP contribution >= 0.6 is 11.3 Å². The van der Waals surface area contributed by atoms with Gasteiger partial charge in [0.25, 0.3) is 0 Å². The summed E-state index contributed by atoms with van der Waals surface area (Å²) >= 11 is 0.883. The number of benzene rings is 1. The predicted octanol–water partition coefficient (Wildman–Crippen LogP) is 2.28. The van der Waals surface area contributed by atoms with E-state index in [-0.39, 0.29) is 15.8 Å². The molecule has 0 unspecified atom stereocenters. The van der Waals surface area contributed by atoms with Crippen LogP contribution in [0.15, 0.2) is 18.2 Å². The van der Waals surface area contributed by atoms with Crippen molar-refractivity contribution in [3.63, 3.8) is 0 Å². The van der Waals surface area contributed by atoms with Crippen molar-refractivity contribution in [1.82, 2.24) is 0 Å². The number of hydrogen-bond acceptors (Lipinski definition) is 4. The van der Waals surface area contributed by atoms with Crippen molar-refractivity contribution in [2.75, 3.05) is 6.26 Å². The van der Waals surface area contributed by atoms with E-state index in [4.69, 9.17) is 5.11 Å². The van der Waals surface area contributed by atoms with Crippen LogP contribution < -0.4 is 0 Å². The van der Waals surface area contributed by atoms with Gasteiger partial charge < -0.3 is 5.11 Å². The van der Waals surface area contributed by atoms with E-state index in [0.717, 1.165) is 17.6 Å². The van der Waals surface area contributed by atoms with Crippen LogP contribution in [0.4, 0.5) is 4.39 Å². The Balaban J connectivity index is 2.81. The molecule has 2 aromatic rings. The largest absolute Gasteiger partial charge is 0.477 e. The first-order valence-electron chi connectivity index (χ1n) is 4.90. The second-order valence-electron chi connectivity index (χ2n) is 3.90. The lowest BCUT2D eigenvalue weighted by atomic mass is 10.1. The number of halogens is 1. The molecule has 96 valence electrons. The molecule has 1 aromatic heterocycles. The third kappa shape index (κ3) is 2.37. The van der Waals surface area contributed by atoms with Crippen molar-refractivity contribution >= 4 is 37.2 Å². The highest BCUT2D eigenvalue weighted by atomic mass is 32.2. The van der Waals surface area contributed by atoms with Gasteiger partial charge in [0.15, 0.2) is 9.84 Å². The fourth-order valence-electron chi connectivity index (χ4n) is 1.74. The zero-order valence-corrected chi connectivity index (χ0v) is 10.9. The summed E-state index contributed by atoms with van der Waals surface area (Å²) in [7, 11) is -3.43. The van der Waals surface area contributed by atoms with E-state index in [1.807, 2.05) is 0 Å². The fourth-order valence-corrected chi connectivity index (χ4v) is 3.72. The molecule has 18 heavy (non-hydrogen) atoms. The first-order valence-corrected chi connectivity index (χ1v) is 7.78. The summed E-state index contributed by atoms with van der Waals surface area (Å²) < 4.78 is 36.8. The van der Waals surface area contributed by atoms with Crippen LogP contribution in [-0.2, 0) is 15.6 Å². The van der Waals surface area contributed by atoms with Gasteiger partial charge in [-0.1, -0.05) is 6.07 Å². The number of fused-ring (bicyclic) bond motifs is 1. The lowest BCUT2D eigenvalue weighted by Crippen LogP contribution is -2.05. The van der Waals surface area contributed by atoms with E-state index in [2.05, 4.69) is 0 Å². The van der Waals surface area contributed by atoms with Gasteiger partial charge in [-0.2, -0.15) is 0 Å². The molecule has 0 atom stereocenters. The second-order valence-corrected chi connectivity index (χ2v) is 7.09. The smallest absolute Gasteiger partial charge is 0.346 e. The third-order valence-corrected chi connectivity index (χ3v) is 4.36. The Labute approximate surface area is 107 Å². The van der Waals surface area contributed by atoms with Gasteiger partial charge in [0.2, 0.25) is 0 Å². The summed E-state index contributed by atoms with van der Waals surface area (Å²) in [4.78, 5) is 11.0. The van der Waals surface area contributed by atoms with Crippen molar-refractivity contribution < 1.29 is 22.7 Å². The monoisotopic (exact) mass is 288 g/mol. The van der Waals surface area contributed by atoms with Crippen LogP contribution in [0.1, 0.15) is 15.2 Å². The van der Waals surface area contributed by atoms with Crippen LogP contribution in [0.3, 0.4) is 0 Å². The van der Waals surface area contributed by atoms with Crippen LogP contribution in [0, 0.1) is 5.82 Å². The molecule has 0 spiro atoms. The van der Waals surface area contributed by atoms with Crippen molar-refractivity contribution in [1.29, 1.82) is 0 Å². The molecular weight excluding hydrogens is 279 g/mol. The summed E-state index contributed by atoms with van der Waals surface area (Å²) in [6, 6.07) is 4.22. The molecule has 1 N–H and O–H groups in total. The number of aromatic carboxylic acids is 1. The molecule has 0 amide bonds. The highest BCUT2D eigenvalue weighted by molar-refractivity contribution is 7.89. The quantitative estimate of drug-likeness (QED) is 0.940. The van der Waals surface area contributed by atoms with Gasteiger partial charge >= 0.3 is 5.97 Å². The molecule has 0 aliphatic rings. The van der Waals surface area contributed by atoms with Crippen LogP contribution in [0.2, 0.25) is 0 Å². The normalized spacial score (nSPS) is 11.9. The number of carboxylic acid groups (broad SMARTS) is 1. The van der Waals surface area contributed by atoms with Crippen LogP contribution in [0.5, 0.6) is 0 Å². The Morgan fingerprint density at radius 3 is 2.67 bits per heavy atom. The zero-order valence-electron chi connectivity index (χ0n) is 9.31. The van der Waals surface area contributed by atoms with E-state index in [9.17, 15) is 17.6 Å². The standard InChI is InChI=1S/C11H9FO4S2/c1-18(15,16)5-6-9-7(12)3-2-4-8(9)17-10(6)11(13)14/h2-4H,5H2,1H3,(H,13,14). The van der Waals surface area contributed by atoms with Crippen molar-refractivity contribution in [2.45, 2.75) is 5.75 Å². The molecule has 7 heteroatoms. The zero-order chi connectivity index (χ0) is 13.5.